The van der Waals surface area contributed by atoms with E-state index >= 15 is 0 Å². The Hall–Kier alpha value is -5.68. The van der Waals surface area contributed by atoms with Crippen LogP contribution in [0.2, 0.25) is 0 Å². The maximum absolute atomic E-state index is 14.7. The molecule has 5 N–H and O–H groups in total. The summed E-state index contributed by atoms with van der Waals surface area (Å²) in [5.74, 6) is -5.48. The van der Waals surface area contributed by atoms with Crippen molar-refractivity contribution in [1.29, 1.82) is 0 Å². The third-order valence-electron chi connectivity index (χ3n) is 15.5. The number of nitrogens with zero attached hydrogens (tertiary/aromatic N) is 4. The average molecular weight is 1130 g/mol. The summed E-state index contributed by atoms with van der Waals surface area (Å²) in [6.07, 6.45) is 2.13. The molecule has 2 aliphatic rings. The van der Waals surface area contributed by atoms with Gasteiger partial charge in [-0.05, 0) is 110 Å². The number of aliphatic carboxylic acids is 1. The first-order valence-electron chi connectivity index (χ1n) is 28.5. The lowest BCUT2D eigenvalue weighted by atomic mass is 9.87. The number of ether oxygens (including phenoxy) is 4. The number of aromatic nitrogens is 1. The number of fused-ring (bicyclic) bond motifs is 1. The van der Waals surface area contributed by atoms with Crippen molar-refractivity contribution in [3.63, 3.8) is 0 Å². The van der Waals surface area contributed by atoms with E-state index in [1.54, 1.807) is 51.7 Å². The van der Waals surface area contributed by atoms with Crippen LogP contribution < -0.4 is 16.0 Å². The Balaban J connectivity index is 1.43. The summed E-state index contributed by atoms with van der Waals surface area (Å²) in [7, 11) is 6.60. The molecule has 2 aromatic rings. The van der Waals surface area contributed by atoms with Gasteiger partial charge in [-0.3, -0.25) is 48.7 Å². The first-order valence-corrected chi connectivity index (χ1v) is 28.5. The maximum Gasteiger partial charge on any atom is 0.408 e. The molecular weight excluding hydrogens is 1030 g/mol. The molecule has 22 nitrogen and oxygen atoms in total. The molecule has 0 bridgehead atoms. The minimum Gasteiger partial charge on any atom is -0.480 e. The van der Waals surface area contributed by atoms with Crippen LogP contribution >= 0.6 is 0 Å². The Bertz CT molecular complexity index is 2380. The molecule has 2 aliphatic heterocycles. The molecular formula is C58H94N8O14. The van der Waals surface area contributed by atoms with Gasteiger partial charge in [0.15, 0.2) is 6.04 Å². The molecule has 2 fully saturated rings. The third-order valence-corrected chi connectivity index (χ3v) is 15.5. The van der Waals surface area contributed by atoms with Gasteiger partial charge in [-0.25, -0.2) is 14.7 Å². The number of H-pyrrole nitrogens is 1. The lowest BCUT2D eigenvalue weighted by Crippen LogP contribution is -2.60. The van der Waals surface area contributed by atoms with Crippen LogP contribution in [0.3, 0.4) is 0 Å². The highest BCUT2D eigenvalue weighted by Gasteiger charge is 2.45. The molecule has 22 heteroatoms. The summed E-state index contributed by atoms with van der Waals surface area (Å²) in [4.78, 5) is 123. The molecule has 4 rings (SSSR count). The predicted molar refractivity (Wildman–Crippen MR) is 301 cm³/mol. The number of amides is 6. The number of carboxylic acids is 1. The summed E-state index contributed by atoms with van der Waals surface area (Å²) in [5, 5.41) is 20.0. The maximum atomic E-state index is 14.7. The van der Waals surface area contributed by atoms with Crippen LogP contribution in [0.4, 0.5) is 4.79 Å². The van der Waals surface area contributed by atoms with E-state index < -0.39 is 102 Å². The molecule has 0 spiro atoms. The van der Waals surface area contributed by atoms with Gasteiger partial charge in [-0.15, -0.1) is 0 Å². The van der Waals surface area contributed by atoms with E-state index in [9.17, 15) is 43.5 Å². The van der Waals surface area contributed by atoms with Crippen molar-refractivity contribution in [2.75, 3.05) is 54.6 Å². The number of aromatic amines is 1. The molecule has 2 saturated heterocycles. The van der Waals surface area contributed by atoms with Gasteiger partial charge < -0.3 is 44.6 Å². The Morgan fingerprint density at radius 1 is 0.863 bits per heavy atom. The number of carbonyl (C=O) groups excluding carboxylic acids is 7. The number of benzene rings is 1. The van der Waals surface area contributed by atoms with Gasteiger partial charge in [0.2, 0.25) is 23.6 Å². The topological polar surface area (TPSA) is 268 Å². The number of hydroxylamine groups is 2. The second kappa shape index (κ2) is 30.9. The summed E-state index contributed by atoms with van der Waals surface area (Å²) >= 11 is 0. The highest BCUT2D eigenvalue weighted by atomic mass is 16.7. The number of rotatable bonds is 29. The second-order valence-corrected chi connectivity index (χ2v) is 23.4. The molecule has 0 aliphatic carbocycles. The summed E-state index contributed by atoms with van der Waals surface area (Å²) in [6, 6.07) is 2.75. The van der Waals surface area contributed by atoms with E-state index in [-0.39, 0.29) is 61.8 Å². The second-order valence-electron chi connectivity index (χ2n) is 23.4. The zero-order valence-corrected chi connectivity index (χ0v) is 50.1. The zero-order valence-electron chi connectivity index (χ0n) is 50.1. The van der Waals surface area contributed by atoms with Crippen LogP contribution in [-0.4, -0.2) is 192 Å². The van der Waals surface area contributed by atoms with E-state index in [4.69, 9.17) is 23.8 Å². The predicted octanol–water partition coefficient (Wildman–Crippen LogP) is 5.46. The van der Waals surface area contributed by atoms with Crippen LogP contribution in [0, 0.1) is 23.7 Å². The number of hydrogen-bond acceptors (Lipinski definition) is 15. The molecule has 1 aromatic carbocycles. The molecule has 3 heterocycles. The van der Waals surface area contributed by atoms with Crippen molar-refractivity contribution < 1.29 is 67.2 Å². The number of hydrogen-bond donors (Lipinski definition) is 5. The minimum absolute atomic E-state index is 0.0401. The monoisotopic (exact) mass is 1130 g/mol. The van der Waals surface area contributed by atoms with Gasteiger partial charge in [0.1, 0.15) is 17.7 Å². The van der Waals surface area contributed by atoms with Crippen molar-refractivity contribution in [3.8, 4) is 0 Å². The van der Waals surface area contributed by atoms with Gasteiger partial charge in [0.25, 0.3) is 5.91 Å². The van der Waals surface area contributed by atoms with E-state index in [0.717, 1.165) is 29.3 Å². The lowest BCUT2D eigenvalue weighted by molar-refractivity contribution is -0.199. The molecule has 0 radical (unpaired) electrons. The zero-order chi connectivity index (χ0) is 59.8. The first-order chi connectivity index (χ1) is 37.6. The number of esters is 1. The first kappa shape index (κ1) is 66.8. The number of likely N-dealkylation sites (N-methyl/N-ethyl adjacent to an activating group) is 2. The molecule has 0 saturated carbocycles. The fourth-order valence-electron chi connectivity index (χ4n) is 11.3. The number of likely N-dealkylation sites (tertiary alicyclic amines) is 1. The molecule has 0 unspecified atom stereocenters. The van der Waals surface area contributed by atoms with Gasteiger partial charge >= 0.3 is 18.0 Å². The van der Waals surface area contributed by atoms with Crippen LogP contribution in [0.5, 0.6) is 0 Å². The average Bonchev–Trinajstić information content (AvgIpc) is 4.05. The third kappa shape index (κ3) is 18.4. The van der Waals surface area contributed by atoms with Crippen LogP contribution in [0.25, 0.3) is 10.9 Å². The van der Waals surface area contributed by atoms with E-state index in [1.165, 1.54) is 19.1 Å². The fourth-order valence-corrected chi connectivity index (χ4v) is 11.3. The molecule has 1 aromatic heterocycles. The van der Waals surface area contributed by atoms with Gasteiger partial charge in [-0.2, -0.15) is 0 Å². The fraction of sp³-hybridized carbons (Fsp3) is 0.724. The standard InChI is InChI=1S/C58H94N8O14/c1-16-36(6)50(64(13)49(35(4)5)54(71)62-53(70)48(34(2)3)63(12)27-22-26-46(68)79-38(8)47(56(73)74)61-57(75)80-58(9,10)11)44(76-14)32-45(67)65-28-21-25-43(65)51(77-15)37(7)52(69)60-42(55(72)66-29-19-20-30-78-66)31-39-33-59-41-24-18-17-23-40(39)41/h17-18,23-24,33-38,42-44,47-51,59H,16,19-22,25-32H2,1-15H3,(H,60,69)(H,61,75)(H,73,74)(H,62,70,71)/t36-,37+,38+,42-,43-,44+,47-,48-,49-,50-,51+/m0/s1. The number of para-hydroxylation sites is 1. The van der Waals surface area contributed by atoms with Crippen molar-refractivity contribution in [3.05, 3.63) is 36.0 Å². The Labute approximate surface area is 473 Å². The number of imide groups is 1. The largest absolute Gasteiger partial charge is 0.480 e. The summed E-state index contributed by atoms with van der Waals surface area (Å²) in [5.41, 5.74) is 0.915. The lowest BCUT2D eigenvalue weighted by Gasteiger charge is -2.43. The van der Waals surface area contributed by atoms with Crippen molar-refractivity contribution in [2.45, 2.75) is 194 Å². The van der Waals surface area contributed by atoms with E-state index in [0.29, 0.717) is 39.0 Å². The molecule has 80 heavy (non-hydrogen) atoms. The van der Waals surface area contributed by atoms with Crippen LogP contribution in [-0.2, 0) is 63.8 Å². The number of nitrogens with one attached hydrogen (secondary N) is 4. The van der Waals surface area contributed by atoms with E-state index in [1.807, 2.05) is 84.0 Å². The Kier molecular flexibility index (Phi) is 25.9. The van der Waals surface area contributed by atoms with Crippen LogP contribution in [0.15, 0.2) is 30.5 Å². The van der Waals surface area contributed by atoms with Gasteiger partial charge in [0, 0.05) is 63.3 Å². The summed E-state index contributed by atoms with van der Waals surface area (Å²) in [6.45, 7) is 21.1. The van der Waals surface area contributed by atoms with Crippen molar-refractivity contribution >= 4 is 58.5 Å². The number of carboxylic acid groups (broad SMARTS) is 1. The highest BCUT2D eigenvalue weighted by molar-refractivity contribution is 6.00. The Morgan fingerprint density at radius 3 is 2.11 bits per heavy atom. The quantitative estimate of drug-likeness (QED) is 0.0634. The smallest absolute Gasteiger partial charge is 0.408 e. The molecule has 450 valence electrons. The highest BCUT2D eigenvalue weighted by Crippen LogP contribution is 2.31. The van der Waals surface area contributed by atoms with Crippen molar-refractivity contribution in [1.82, 2.24) is 40.7 Å². The number of methoxy groups -OCH3 is 2. The van der Waals surface area contributed by atoms with Gasteiger partial charge in [0.05, 0.1) is 49.3 Å². The molecule has 11 atom stereocenters. The summed E-state index contributed by atoms with van der Waals surface area (Å²) < 4.78 is 22.8. The SMILES string of the molecule is CC[C@H](C)[C@@H]([C@@H](CC(=O)N1CCC[C@H]1[C@H](OC)[C@@H](C)C(=O)N[C@@H](Cc1c[nH]c2ccccc12)C(=O)N1CCCCO1)OC)N(C)[C@H](C(=O)NC(=O)[C@H](C(C)C)N(C)CCCC(=O)O[C@H](C)[C@H](NC(=O)OC(C)(C)C)C(=O)O)C(C)C. The minimum atomic E-state index is -1.56. The molecule has 6 amide bonds. The number of alkyl carbamates (subject to hydrolysis) is 1. The van der Waals surface area contributed by atoms with Crippen molar-refractivity contribution in [2.24, 2.45) is 23.7 Å². The van der Waals surface area contributed by atoms with Gasteiger partial charge in [-0.1, -0.05) is 73.1 Å². The number of carbonyl (C=O) groups is 8. The van der Waals surface area contributed by atoms with E-state index in [2.05, 4.69) is 20.9 Å². The normalized spacial score (nSPS) is 18.9. The van der Waals surface area contributed by atoms with Crippen LogP contribution in [0.1, 0.15) is 133 Å². The Morgan fingerprint density at radius 2 is 1.52 bits per heavy atom.